The molecule has 5 N–H and O–H groups in total. The molecule has 2 heterocycles. The zero-order valence-electron chi connectivity index (χ0n) is 16.6. The number of carbonyl (C=O) groups excluding carboxylic acids is 1. The Hall–Kier alpha value is -3.66. The van der Waals surface area contributed by atoms with Gasteiger partial charge in [-0.2, -0.15) is 20.0 Å². The minimum Gasteiger partial charge on any atom is -0.365 e. The molecular formula is C20H23N9O. The van der Waals surface area contributed by atoms with E-state index in [9.17, 15) is 4.79 Å². The first-order valence-corrected chi connectivity index (χ1v) is 9.75. The summed E-state index contributed by atoms with van der Waals surface area (Å²) < 4.78 is 0. The summed E-state index contributed by atoms with van der Waals surface area (Å²) in [4.78, 5) is 26.6. The lowest BCUT2D eigenvalue weighted by atomic mass is 9.94. The Labute approximate surface area is 173 Å². The van der Waals surface area contributed by atoms with Crippen LogP contribution >= 0.6 is 0 Å². The van der Waals surface area contributed by atoms with E-state index in [1.54, 1.807) is 12.4 Å². The van der Waals surface area contributed by atoms with Crippen LogP contribution in [0.5, 0.6) is 0 Å². The normalized spacial score (nSPS) is 17.8. The Kier molecular flexibility index (Phi) is 5.48. The SMILES string of the molecule is Cc1cc(Nc2nc(/N=C3\CCCC[C@@H]3N)ncc2C(N)=O)cc(-n2nccn2)c1. The number of primary amides is 1. The zero-order valence-corrected chi connectivity index (χ0v) is 16.6. The fourth-order valence-corrected chi connectivity index (χ4v) is 3.43. The maximum atomic E-state index is 11.9. The van der Waals surface area contributed by atoms with Crippen LogP contribution in [-0.2, 0) is 0 Å². The summed E-state index contributed by atoms with van der Waals surface area (Å²) in [5.41, 5.74) is 15.2. The second kappa shape index (κ2) is 8.37. The molecule has 0 radical (unpaired) electrons. The van der Waals surface area contributed by atoms with Crippen molar-refractivity contribution >= 4 is 29.1 Å². The third kappa shape index (κ3) is 4.33. The highest BCUT2D eigenvalue weighted by molar-refractivity contribution is 5.98. The van der Waals surface area contributed by atoms with Crippen LogP contribution in [0.4, 0.5) is 17.5 Å². The van der Waals surface area contributed by atoms with Crippen LogP contribution in [-0.4, -0.2) is 42.6 Å². The van der Waals surface area contributed by atoms with E-state index in [2.05, 4.69) is 30.5 Å². The molecule has 1 fully saturated rings. The molecule has 1 aromatic carbocycles. The number of hydrogen-bond donors (Lipinski definition) is 3. The van der Waals surface area contributed by atoms with Gasteiger partial charge in [-0.05, 0) is 49.9 Å². The minimum atomic E-state index is -0.632. The van der Waals surface area contributed by atoms with Crippen molar-refractivity contribution in [1.29, 1.82) is 0 Å². The van der Waals surface area contributed by atoms with Crippen molar-refractivity contribution in [3.05, 3.63) is 47.9 Å². The predicted octanol–water partition coefficient (Wildman–Crippen LogP) is 2.18. The van der Waals surface area contributed by atoms with Crippen LogP contribution in [0.2, 0.25) is 0 Å². The summed E-state index contributed by atoms with van der Waals surface area (Å²) in [5, 5.41) is 11.5. The highest BCUT2D eigenvalue weighted by Crippen LogP contribution is 2.24. The van der Waals surface area contributed by atoms with Gasteiger partial charge in [0.2, 0.25) is 0 Å². The summed E-state index contributed by atoms with van der Waals surface area (Å²) in [5.74, 6) is -0.102. The zero-order chi connectivity index (χ0) is 21.1. The molecule has 3 aromatic rings. The summed E-state index contributed by atoms with van der Waals surface area (Å²) in [7, 11) is 0. The number of benzene rings is 1. The fraction of sp³-hybridized carbons (Fsp3) is 0.300. The van der Waals surface area contributed by atoms with Gasteiger partial charge in [-0.1, -0.05) is 6.42 Å². The molecule has 30 heavy (non-hydrogen) atoms. The lowest BCUT2D eigenvalue weighted by Crippen LogP contribution is -2.33. The van der Waals surface area contributed by atoms with E-state index >= 15 is 0 Å². The third-order valence-electron chi connectivity index (χ3n) is 4.89. The molecule has 0 spiro atoms. The number of nitrogens with zero attached hydrogens (tertiary/aromatic N) is 6. The van der Waals surface area contributed by atoms with E-state index in [1.165, 1.54) is 11.0 Å². The standard InChI is InChI=1S/C20H23N9O/c1-12-8-13(10-14(9-12)29-24-6-7-25-29)26-19-15(18(22)30)11-23-20(28-19)27-17-5-3-2-4-16(17)21/h6-11,16H,2-5,21H2,1H3,(H2,22,30)(H,23,26,28)/b27-17+/t16-/m0/s1. The molecule has 1 amide bonds. The Bertz CT molecular complexity index is 1090. The molecule has 4 rings (SSSR count). The van der Waals surface area contributed by atoms with E-state index in [-0.39, 0.29) is 23.4 Å². The highest BCUT2D eigenvalue weighted by atomic mass is 16.1. The second-order valence-corrected chi connectivity index (χ2v) is 7.25. The molecule has 0 saturated heterocycles. The minimum absolute atomic E-state index is 0.0875. The third-order valence-corrected chi connectivity index (χ3v) is 4.89. The maximum absolute atomic E-state index is 11.9. The van der Waals surface area contributed by atoms with E-state index in [0.29, 0.717) is 5.69 Å². The topological polar surface area (TPSA) is 150 Å². The quantitative estimate of drug-likeness (QED) is 0.588. The number of aromatic nitrogens is 5. The number of aryl methyl sites for hydroxylation is 1. The summed E-state index contributed by atoms with van der Waals surface area (Å²) in [6.45, 7) is 1.95. The van der Waals surface area contributed by atoms with Crippen LogP contribution in [0.25, 0.3) is 5.69 Å². The Morgan fingerprint density at radius 1 is 1.23 bits per heavy atom. The number of nitrogens with one attached hydrogen (secondary N) is 1. The molecular weight excluding hydrogens is 382 g/mol. The van der Waals surface area contributed by atoms with Gasteiger partial charge in [-0.25, -0.2) is 9.98 Å². The van der Waals surface area contributed by atoms with Gasteiger partial charge in [-0.15, -0.1) is 0 Å². The van der Waals surface area contributed by atoms with Crippen molar-refractivity contribution in [1.82, 2.24) is 25.0 Å². The largest absolute Gasteiger partial charge is 0.365 e. The predicted molar refractivity (Wildman–Crippen MR) is 113 cm³/mol. The molecule has 10 heteroatoms. The van der Waals surface area contributed by atoms with Crippen LogP contribution in [0, 0.1) is 6.92 Å². The first-order valence-electron chi connectivity index (χ1n) is 9.75. The van der Waals surface area contributed by atoms with Gasteiger partial charge in [-0.3, -0.25) is 4.79 Å². The first kappa shape index (κ1) is 19.6. The Balaban J connectivity index is 1.69. The number of amides is 1. The smallest absolute Gasteiger partial charge is 0.254 e. The number of anilines is 2. The summed E-state index contributed by atoms with van der Waals surface area (Å²) in [6.07, 6.45) is 8.45. The Morgan fingerprint density at radius 3 is 2.77 bits per heavy atom. The van der Waals surface area contributed by atoms with Crippen LogP contribution < -0.4 is 16.8 Å². The molecule has 1 saturated carbocycles. The number of rotatable bonds is 5. The lowest BCUT2D eigenvalue weighted by Gasteiger charge is -2.19. The van der Waals surface area contributed by atoms with Gasteiger partial charge in [0.05, 0.1) is 18.1 Å². The molecule has 0 bridgehead atoms. The maximum Gasteiger partial charge on any atom is 0.254 e. The van der Waals surface area contributed by atoms with Crippen molar-refractivity contribution in [2.75, 3.05) is 5.32 Å². The van der Waals surface area contributed by atoms with Crippen molar-refractivity contribution in [3.63, 3.8) is 0 Å². The second-order valence-electron chi connectivity index (χ2n) is 7.25. The Morgan fingerprint density at radius 2 is 2.03 bits per heavy atom. The average Bonchev–Trinajstić information content (AvgIpc) is 3.24. The number of carbonyl (C=O) groups is 1. The number of hydrogen-bond acceptors (Lipinski definition) is 8. The first-order chi connectivity index (χ1) is 14.5. The lowest BCUT2D eigenvalue weighted by molar-refractivity contribution is 0.100. The fourth-order valence-electron chi connectivity index (χ4n) is 3.43. The van der Waals surface area contributed by atoms with Gasteiger partial charge >= 0.3 is 0 Å². The van der Waals surface area contributed by atoms with Gasteiger partial charge < -0.3 is 16.8 Å². The molecule has 1 atom stereocenters. The van der Waals surface area contributed by atoms with E-state index < -0.39 is 5.91 Å². The molecule has 2 aromatic heterocycles. The number of nitrogens with two attached hydrogens (primary N) is 2. The van der Waals surface area contributed by atoms with E-state index in [0.717, 1.165) is 42.6 Å². The summed E-state index contributed by atoms with van der Waals surface area (Å²) in [6, 6.07) is 5.63. The van der Waals surface area contributed by atoms with Crippen molar-refractivity contribution in [2.45, 2.75) is 38.6 Å². The van der Waals surface area contributed by atoms with Gasteiger partial charge in [0.15, 0.2) is 0 Å². The van der Waals surface area contributed by atoms with Crippen molar-refractivity contribution < 1.29 is 4.79 Å². The molecule has 1 aliphatic carbocycles. The van der Waals surface area contributed by atoms with Gasteiger partial charge in [0.25, 0.3) is 11.9 Å². The summed E-state index contributed by atoms with van der Waals surface area (Å²) >= 11 is 0. The number of aliphatic imine (C=N–C) groups is 1. The van der Waals surface area contributed by atoms with Crippen LogP contribution in [0.3, 0.4) is 0 Å². The highest BCUT2D eigenvalue weighted by Gasteiger charge is 2.18. The average molecular weight is 405 g/mol. The molecule has 10 nitrogen and oxygen atoms in total. The molecule has 0 aliphatic heterocycles. The van der Waals surface area contributed by atoms with Gasteiger partial charge in [0.1, 0.15) is 11.4 Å². The van der Waals surface area contributed by atoms with Crippen LogP contribution in [0.15, 0.2) is 41.8 Å². The molecule has 0 unspecified atom stereocenters. The van der Waals surface area contributed by atoms with E-state index in [1.807, 2.05) is 25.1 Å². The monoisotopic (exact) mass is 405 g/mol. The van der Waals surface area contributed by atoms with E-state index in [4.69, 9.17) is 11.5 Å². The molecule has 154 valence electrons. The van der Waals surface area contributed by atoms with Gasteiger partial charge in [0, 0.05) is 23.6 Å². The van der Waals surface area contributed by atoms with Crippen molar-refractivity contribution in [2.24, 2.45) is 16.5 Å². The molecule has 1 aliphatic rings. The van der Waals surface area contributed by atoms with Crippen molar-refractivity contribution in [3.8, 4) is 5.69 Å². The van der Waals surface area contributed by atoms with Crippen LogP contribution in [0.1, 0.15) is 41.6 Å².